The van der Waals surface area contributed by atoms with Gasteiger partial charge in [-0.05, 0) is 119 Å². The van der Waals surface area contributed by atoms with E-state index in [0.29, 0.717) is 97.7 Å². The number of aromatic nitrogens is 8. The molecular formula is C61H82N16O9S. The Bertz CT molecular complexity index is 3570. The zero-order chi connectivity index (χ0) is 62.5. The van der Waals surface area contributed by atoms with Gasteiger partial charge >= 0.3 is 6.09 Å². The topological polar surface area (TPSA) is 297 Å². The lowest BCUT2D eigenvalue weighted by molar-refractivity contribution is -0.142. The first-order valence-corrected chi connectivity index (χ1v) is 31.3. The number of carbonyl (C=O) groups excluding carboxylic acids is 5. The van der Waals surface area contributed by atoms with Crippen LogP contribution in [0.1, 0.15) is 121 Å². The highest BCUT2D eigenvalue weighted by Gasteiger charge is 2.46. The Morgan fingerprint density at radius 1 is 0.874 bits per heavy atom. The summed E-state index contributed by atoms with van der Waals surface area (Å²) in [4.78, 5) is 96.2. The summed E-state index contributed by atoms with van der Waals surface area (Å²) in [5.41, 5.74) is 3.08. The molecule has 4 aromatic heterocycles. The lowest BCUT2D eigenvalue weighted by atomic mass is 9.83. The average molecular weight is 1220 g/mol. The largest absolute Gasteiger partial charge is 0.492 e. The summed E-state index contributed by atoms with van der Waals surface area (Å²) in [5.74, 6) is -0.177. The van der Waals surface area contributed by atoms with Crippen LogP contribution in [-0.2, 0) is 29.0 Å². The fraction of sp³-hybridized carbons (Fsp3) is 0.525. The van der Waals surface area contributed by atoms with Gasteiger partial charge in [-0.3, -0.25) is 34.1 Å². The van der Waals surface area contributed by atoms with E-state index in [4.69, 9.17) is 9.47 Å². The first-order chi connectivity index (χ1) is 41.3. The SMILES string of the molecule is Cc1cc(NC(=O)[C@@H]2C[C@H](NC(=O)c3cnc(N4CCN(CCCOc5cc6ncnc(Nc7n[nH]c(C)c7C)c6cc5S(=O)(=O)C(C)(C)C)CC4)nc3)CN2C(=O)C(NC(=O)[C@H](C)N(C)C(=O)OC(C)(C)C)C2CCCCC2)n(-c2ccccc2)n1. The number of piperazine rings is 1. The Kier molecular flexibility index (Phi) is 19.2. The van der Waals surface area contributed by atoms with E-state index in [-0.39, 0.29) is 41.7 Å². The van der Waals surface area contributed by atoms with Crippen LogP contribution in [0.3, 0.4) is 0 Å². The van der Waals surface area contributed by atoms with Gasteiger partial charge in [-0.15, -0.1) is 0 Å². The number of benzene rings is 2. The highest BCUT2D eigenvalue weighted by molar-refractivity contribution is 7.92. The quantitative estimate of drug-likeness (QED) is 0.0520. The van der Waals surface area contributed by atoms with Gasteiger partial charge in [0.15, 0.2) is 15.7 Å². The summed E-state index contributed by atoms with van der Waals surface area (Å²) in [6.45, 7) is 20.9. The number of carbonyl (C=O) groups is 5. The van der Waals surface area contributed by atoms with Crippen molar-refractivity contribution in [1.82, 2.24) is 65.2 Å². The molecule has 25 nitrogen and oxygen atoms in total. The minimum atomic E-state index is -3.87. The van der Waals surface area contributed by atoms with Gasteiger partial charge in [0, 0.05) is 93.5 Å². The average Bonchev–Trinajstić information content (AvgIpc) is 1.24. The van der Waals surface area contributed by atoms with Gasteiger partial charge in [-0.1, -0.05) is 37.5 Å². The van der Waals surface area contributed by atoms with Crippen molar-refractivity contribution in [2.24, 2.45) is 5.92 Å². The smallest absolute Gasteiger partial charge is 0.410 e. The molecule has 0 bridgehead atoms. The van der Waals surface area contributed by atoms with Gasteiger partial charge < -0.3 is 40.5 Å². The van der Waals surface area contributed by atoms with E-state index in [1.54, 1.807) is 71.3 Å². The molecule has 2 aromatic carbocycles. The number of aryl methyl sites for hydroxylation is 2. The van der Waals surface area contributed by atoms with Crippen LogP contribution in [0.4, 0.5) is 28.2 Å². The number of anilines is 4. The monoisotopic (exact) mass is 1210 g/mol. The summed E-state index contributed by atoms with van der Waals surface area (Å²) in [6.07, 6.45) is 8.36. The predicted octanol–water partition coefficient (Wildman–Crippen LogP) is 6.82. The Labute approximate surface area is 508 Å². The molecule has 5 N–H and O–H groups in total. The van der Waals surface area contributed by atoms with Crippen LogP contribution in [0.15, 0.2) is 72.1 Å². The zero-order valence-electron chi connectivity index (χ0n) is 51.6. The van der Waals surface area contributed by atoms with Crippen LogP contribution >= 0.6 is 0 Å². The third-order valence-corrected chi connectivity index (χ3v) is 18.9. The van der Waals surface area contributed by atoms with Gasteiger partial charge in [0.25, 0.3) is 5.91 Å². The van der Waals surface area contributed by atoms with Crippen molar-refractivity contribution in [3.05, 3.63) is 89.8 Å². The lowest BCUT2D eigenvalue weighted by Gasteiger charge is -2.36. The number of likely N-dealkylation sites (N-methyl/N-ethyl adjacent to an activating group) is 1. The van der Waals surface area contributed by atoms with Crippen LogP contribution in [0.2, 0.25) is 0 Å². The molecule has 6 heterocycles. The Balaban J connectivity index is 0.837. The minimum Gasteiger partial charge on any atom is -0.492 e. The molecule has 0 spiro atoms. The molecule has 0 radical (unpaired) electrons. The molecule has 1 unspecified atom stereocenters. The predicted molar refractivity (Wildman–Crippen MR) is 329 cm³/mol. The van der Waals surface area contributed by atoms with Crippen molar-refractivity contribution in [3.63, 3.8) is 0 Å². The van der Waals surface area contributed by atoms with Crippen LogP contribution < -0.4 is 30.9 Å². The van der Waals surface area contributed by atoms with Crippen molar-refractivity contribution in [1.29, 1.82) is 0 Å². The second-order valence-corrected chi connectivity index (χ2v) is 27.5. The molecule has 4 atom stereocenters. The number of nitrogens with one attached hydrogen (secondary N) is 5. The fourth-order valence-electron chi connectivity index (χ4n) is 11.0. The summed E-state index contributed by atoms with van der Waals surface area (Å²) < 4.78 is 40.4. The molecule has 1 aliphatic carbocycles. The number of fused-ring (bicyclic) bond motifs is 1. The molecule has 9 rings (SSSR count). The molecule has 2 aliphatic heterocycles. The third-order valence-electron chi connectivity index (χ3n) is 16.4. The second-order valence-electron chi connectivity index (χ2n) is 24.9. The van der Waals surface area contributed by atoms with Gasteiger partial charge in [-0.25, -0.2) is 37.8 Å². The van der Waals surface area contributed by atoms with E-state index in [9.17, 15) is 27.6 Å². The number of nitrogens with zero attached hydrogens (tertiary/aromatic N) is 11. The van der Waals surface area contributed by atoms with Crippen LogP contribution in [-0.4, -0.2) is 180 Å². The normalized spacial score (nSPS) is 17.8. The first-order valence-electron chi connectivity index (χ1n) is 29.8. The van der Waals surface area contributed by atoms with Gasteiger partial charge in [0.2, 0.25) is 23.7 Å². The summed E-state index contributed by atoms with van der Waals surface area (Å²) >= 11 is 0. The Hall–Kier alpha value is -8.26. The molecule has 87 heavy (non-hydrogen) atoms. The summed E-state index contributed by atoms with van der Waals surface area (Å²) in [7, 11) is -2.40. The number of sulfone groups is 1. The van der Waals surface area contributed by atoms with Crippen molar-refractivity contribution in [2.75, 3.05) is 68.5 Å². The number of para-hydroxylation sites is 1. The van der Waals surface area contributed by atoms with E-state index < -0.39 is 74.1 Å². The van der Waals surface area contributed by atoms with Crippen LogP contribution in [0, 0.1) is 26.7 Å². The van der Waals surface area contributed by atoms with Crippen molar-refractivity contribution in [2.45, 2.75) is 154 Å². The van der Waals surface area contributed by atoms with E-state index in [0.717, 1.165) is 30.5 Å². The van der Waals surface area contributed by atoms with E-state index in [1.807, 2.05) is 56.0 Å². The van der Waals surface area contributed by atoms with Gasteiger partial charge in [0.05, 0.1) is 33.8 Å². The van der Waals surface area contributed by atoms with Crippen LogP contribution in [0.5, 0.6) is 5.75 Å². The highest BCUT2D eigenvalue weighted by Crippen LogP contribution is 2.38. The Morgan fingerprint density at radius 3 is 2.23 bits per heavy atom. The van der Waals surface area contributed by atoms with Gasteiger partial charge in [-0.2, -0.15) is 10.2 Å². The number of likely N-dealkylation sites (tertiary alicyclic amines) is 1. The maximum atomic E-state index is 15.2. The number of hydrogen-bond donors (Lipinski definition) is 5. The highest BCUT2D eigenvalue weighted by atomic mass is 32.2. The van der Waals surface area contributed by atoms with Crippen molar-refractivity contribution >= 4 is 73.9 Å². The first kappa shape index (κ1) is 63.2. The summed E-state index contributed by atoms with van der Waals surface area (Å²) in [6, 6.07) is 10.5. The maximum absolute atomic E-state index is 15.2. The Morgan fingerprint density at radius 2 is 1.57 bits per heavy atom. The summed E-state index contributed by atoms with van der Waals surface area (Å²) in [5, 5.41) is 24.7. The number of rotatable bonds is 19. The molecule has 2 saturated heterocycles. The molecule has 6 aromatic rings. The van der Waals surface area contributed by atoms with E-state index >= 15 is 4.79 Å². The maximum Gasteiger partial charge on any atom is 0.410 e. The molecule has 466 valence electrons. The molecule has 3 aliphatic rings. The standard InChI is InChI=1S/C61H82N16O9S/c1-37-29-50(77(72-37)44-21-16-13-17-22-44)67-56(80)47-30-43(35-76(47)57(81)51(41-19-14-12-15-20-41)68-54(78)40(4)73(11)59(82)86-60(5,6)7)66-55(79)42-33-62-58(63-34-42)75-26-24-74(25-27-75)23-18-28-85-48-32-46-45(31-49(48)87(83,84)61(8,9)10)53(65-36-64-46)69-52-38(2)39(3)70-71-52/h13,16-17,21-22,29,31-34,36,40-41,43,47,51H,12,14-15,18-20,23-28,30,35H2,1-11H3,(H,66,79)(H,67,80)(H,68,78)(H2,64,65,69,70,71)/t40-,43-,47-,51?/m0/s1. The number of amides is 5. The second kappa shape index (κ2) is 26.4. The number of hydrogen-bond acceptors (Lipinski definition) is 18. The van der Waals surface area contributed by atoms with Crippen molar-refractivity contribution < 1.29 is 41.9 Å². The number of ether oxygens (including phenoxy) is 2. The van der Waals surface area contributed by atoms with Crippen molar-refractivity contribution in [3.8, 4) is 11.4 Å². The molecule has 26 heteroatoms. The lowest BCUT2D eigenvalue weighted by Crippen LogP contribution is -2.58. The van der Waals surface area contributed by atoms with E-state index in [2.05, 4.69) is 61.4 Å². The number of aromatic amines is 1. The van der Waals surface area contributed by atoms with E-state index in [1.165, 1.54) is 35.6 Å². The zero-order valence-corrected chi connectivity index (χ0v) is 52.5. The molecule has 5 amide bonds. The van der Waals surface area contributed by atoms with Gasteiger partial charge in [0.1, 0.15) is 52.3 Å². The molecular weight excluding hydrogens is 1130 g/mol. The molecule has 1 saturated carbocycles. The fourth-order valence-corrected chi connectivity index (χ4v) is 12.3. The third kappa shape index (κ3) is 14.8. The van der Waals surface area contributed by atoms with Crippen LogP contribution in [0.25, 0.3) is 16.6 Å². The minimum absolute atomic E-state index is 0.0353. The molecule has 3 fully saturated rings. The number of H-pyrrole nitrogens is 1.